The van der Waals surface area contributed by atoms with Gasteiger partial charge in [0.15, 0.2) is 0 Å². The lowest BCUT2D eigenvalue weighted by Gasteiger charge is -2.29. The molecule has 1 aliphatic heterocycles. The number of nitrogens with zero attached hydrogens (tertiary/aromatic N) is 2. The zero-order valence-corrected chi connectivity index (χ0v) is 16.2. The second-order valence-electron chi connectivity index (χ2n) is 6.90. The molecule has 1 aromatic rings. The summed E-state index contributed by atoms with van der Waals surface area (Å²) >= 11 is 0. The molecule has 0 atom stereocenters. The zero-order valence-electron chi connectivity index (χ0n) is 16.2. The molecule has 0 saturated carbocycles. The molecule has 0 spiro atoms. The molecule has 144 valence electrons. The lowest BCUT2D eigenvalue weighted by Crippen LogP contribution is -2.47. The fraction of sp³-hybridized carbons (Fsp3) is 0.600. The predicted octanol–water partition coefficient (Wildman–Crippen LogP) is 1.60. The monoisotopic (exact) mass is 361 g/mol. The molecule has 0 radical (unpaired) electrons. The van der Waals surface area contributed by atoms with Gasteiger partial charge in [-0.15, -0.1) is 0 Å². The molecule has 2 rings (SSSR count). The van der Waals surface area contributed by atoms with Gasteiger partial charge in [-0.2, -0.15) is 0 Å². The van der Waals surface area contributed by atoms with Gasteiger partial charge >= 0.3 is 0 Å². The maximum Gasteiger partial charge on any atom is 0.253 e. The number of amides is 2. The number of benzene rings is 1. The topological polar surface area (TPSA) is 61.9 Å². The molecular formula is C20H31N3O3. The summed E-state index contributed by atoms with van der Waals surface area (Å²) in [5.74, 6) is 0.109. The van der Waals surface area contributed by atoms with Crippen molar-refractivity contribution in [1.82, 2.24) is 15.1 Å². The summed E-state index contributed by atoms with van der Waals surface area (Å²) in [7, 11) is 1.66. The summed E-state index contributed by atoms with van der Waals surface area (Å²) in [6.45, 7) is 8.78. The average Bonchev–Trinajstić information content (AvgIpc) is 2.63. The Kier molecular flexibility index (Phi) is 8.06. The van der Waals surface area contributed by atoms with Crippen LogP contribution in [0, 0.1) is 13.8 Å². The van der Waals surface area contributed by atoms with Crippen molar-refractivity contribution in [3.63, 3.8) is 0 Å². The van der Waals surface area contributed by atoms with Gasteiger partial charge in [-0.05, 0) is 32.4 Å². The predicted molar refractivity (Wildman–Crippen MR) is 102 cm³/mol. The number of nitrogens with one attached hydrogen (secondary N) is 1. The second kappa shape index (κ2) is 10.3. The van der Waals surface area contributed by atoms with Gasteiger partial charge in [-0.1, -0.05) is 17.2 Å². The third-order valence-corrected chi connectivity index (χ3v) is 4.60. The SMILES string of the molecule is COCCCN(CCC(=O)N1CCNCC1)C(=O)c1cc(C)cc(C)c1. The van der Waals surface area contributed by atoms with Crippen LogP contribution in [0.25, 0.3) is 0 Å². The Morgan fingerprint density at radius 1 is 1.12 bits per heavy atom. The van der Waals surface area contributed by atoms with E-state index in [2.05, 4.69) is 11.4 Å². The molecule has 1 aliphatic rings. The van der Waals surface area contributed by atoms with Crippen LogP contribution >= 0.6 is 0 Å². The van der Waals surface area contributed by atoms with Gasteiger partial charge in [0.1, 0.15) is 0 Å². The van der Waals surface area contributed by atoms with Crippen LogP contribution in [0.3, 0.4) is 0 Å². The van der Waals surface area contributed by atoms with E-state index in [0.717, 1.165) is 43.7 Å². The van der Waals surface area contributed by atoms with E-state index in [0.29, 0.717) is 31.7 Å². The average molecular weight is 361 g/mol. The molecule has 1 saturated heterocycles. The first-order chi connectivity index (χ1) is 12.5. The van der Waals surface area contributed by atoms with Crippen LogP contribution in [0.1, 0.15) is 34.3 Å². The van der Waals surface area contributed by atoms with Gasteiger partial charge in [-0.3, -0.25) is 9.59 Å². The van der Waals surface area contributed by atoms with Crippen molar-refractivity contribution in [2.45, 2.75) is 26.7 Å². The molecule has 1 fully saturated rings. The number of hydrogen-bond acceptors (Lipinski definition) is 4. The van der Waals surface area contributed by atoms with Gasteiger partial charge in [0.05, 0.1) is 0 Å². The normalized spacial score (nSPS) is 14.3. The Hall–Kier alpha value is -1.92. The van der Waals surface area contributed by atoms with Crippen LogP contribution in [0.5, 0.6) is 0 Å². The molecule has 2 amide bonds. The highest BCUT2D eigenvalue weighted by atomic mass is 16.5. The van der Waals surface area contributed by atoms with E-state index in [-0.39, 0.29) is 11.8 Å². The Labute approximate surface area is 156 Å². The van der Waals surface area contributed by atoms with Crippen LogP contribution in [0.2, 0.25) is 0 Å². The molecule has 1 aromatic carbocycles. The summed E-state index contributed by atoms with van der Waals surface area (Å²) in [5, 5.41) is 3.25. The summed E-state index contributed by atoms with van der Waals surface area (Å²) in [6.07, 6.45) is 1.12. The minimum absolute atomic E-state index is 0.0130. The summed E-state index contributed by atoms with van der Waals surface area (Å²) in [5.41, 5.74) is 2.83. The Morgan fingerprint density at radius 3 is 2.38 bits per heavy atom. The quantitative estimate of drug-likeness (QED) is 0.715. The molecule has 6 nitrogen and oxygen atoms in total. The minimum Gasteiger partial charge on any atom is -0.385 e. The highest BCUT2D eigenvalue weighted by Crippen LogP contribution is 2.13. The minimum atomic E-state index is -0.0130. The highest BCUT2D eigenvalue weighted by Gasteiger charge is 2.20. The number of carbonyl (C=O) groups excluding carboxylic acids is 2. The lowest BCUT2D eigenvalue weighted by atomic mass is 10.1. The lowest BCUT2D eigenvalue weighted by molar-refractivity contribution is -0.131. The molecule has 6 heteroatoms. The van der Waals surface area contributed by atoms with E-state index in [1.807, 2.05) is 30.9 Å². The Balaban J connectivity index is 2.01. The van der Waals surface area contributed by atoms with Crippen molar-refractivity contribution >= 4 is 11.8 Å². The van der Waals surface area contributed by atoms with E-state index < -0.39 is 0 Å². The van der Waals surface area contributed by atoms with Crippen LogP contribution in [0.4, 0.5) is 0 Å². The van der Waals surface area contributed by atoms with E-state index in [1.165, 1.54) is 0 Å². The van der Waals surface area contributed by atoms with E-state index >= 15 is 0 Å². The van der Waals surface area contributed by atoms with Crippen molar-refractivity contribution in [2.75, 3.05) is 53.0 Å². The molecule has 1 N–H and O–H groups in total. The van der Waals surface area contributed by atoms with Crippen molar-refractivity contribution in [3.8, 4) is 0 Å². The zero-order chi connectivity index (χ0) is 18.9. The van der Waals surface area contributed by atoms with Crippen molar-refractivity contribution in [1.29, 1.82) is 0 Å². The van der Waals surface area contributed by atoms with Crippen LogP contribution < -0.4 is 5.32 Å². The molecule has 0 bridgehead atoms. The summed E-state index contributed by atoms with van der Waals surface area (Å²) < 4.78 is 5.12. The number of hydrogen-bond donors (Lipinski definition) is 1. The Bertz CT molecular complexity index is 592. The molecule has 1 heterocycles. The third-order valence-electron chi connectivity index (χ3n) is 4.60. The largest absolute Gasteiger partial charge is 0.385 e. The highest BCUT2D eigenvalue weighted by molar-refractivity contribution is 5.95. The van der Waals surface area contributed by atoms with Crippen LogP contribution in [-0.2, 0) is 9.53 Å². The number of methoxy groups -OCH3 is 1. The maximum absolute atomic E-state index is 13.0. The third kappa shape index (κ3) is 6.11. The van der Waals surface area contributed by atoms with Crippen LogP contribution in [0.15, 0.2) is 18.2 Å². The van der Waals surface area contributed by atoms with Gasteiger partial charge in [0.2, 0.25) is 5.91 Å². The fourth-order valence-corrected chi connectivity index (χ4v) is 3.30. The number of aryl methyl sites for hydroxylation is 2. The number of carbonyl (C=O) groups is 2. The van der Waals surface area contributed by atoms with E-state index in [4.69, 9.17) is 4.74 Å². The van der Waals surface area contributed by atoms with Gasteiger partial charge in [0, 0.05) is 65.0 Å². The standard InChI is InChI=1S/C20H31N3O3/c1-16-13-17(2)15-18(14-16)20(25)23(8-4-12-26-3)9-5-19(24)22-10-6-21-7-11-22/h13-15,21H,4-12H2,1-3H3. The summed E-state index contributed by atoms with van der Waals surface area (Å²) in [6, 6.07) is 5.88. The molecule has 26 heavy (non-hydrogen) atoms. The van der Waals surface area contributed by atoms with Gasteiger partial charge in [0.25, 0.3) is 5.91 Å². The number of piperazine rings is 1. The van der Waals surface area contributed by atoms with E-state index in [1.54, 1.807) is 12.0 Å². The summed E-state index contributed by atoms with van der Waals surface area (Å²) in [4.78, 5) is 29.1. The van der Waals surface area contributed by atoms with Crippen molar-refractivity contribution in [3.05, 3.63) is 34.9 Å². The van der Waals surface area contributed by atoms with Gasteiger partial charge in [-0.25, -0.2) is 0 Å². The van der Waals surface area contributed by atoms with Crippen LogP contribution in [-0.4, -0.2) is 74.6 Å². The molecule has 0 aromatic heterocycles. The Morgan fingerprint density at radius 2 is 1.77 bits per heavy atom. The molecule has 0 aliphatic carbocycles. The van der Waals surface area contributed by atoms with E-state index in [9.17, 15) is 9.59 Å². The number of ether oxygens (including phenoxy) is 1. The number of rotatable bonds is 8. The van der Waals surface area contributed by atoms with Crippen molar-refractivity contribution < 1.29 is 14.3 Å². The van der Waals surface area contributed by atoms with Crippen molar-refractivity contribution in [2.24, 2.45) is 0 Å². The first-order valence-corrected chi connectivity index (χ1v) is 9.36. The maximum atomic E-state index is 13.0. The fourth-order valence-electron chi connectivity index (χ4n) is 3.30. The smallest absolute Gasteiger partial charge is 0.253 e. The molecular weight excluding hydrogens is 330 g/mol. The second-order valence-corrected chi connectivity index (χ2v) is 6.90. The molecule has 0 unspecified atom stereocenters. The first kappa shape index (κ1) is 20.4. The first-order valence-electron chi connectivity index (χ1n) is 9.36. The van der Waals surface area contributed by atoms with Gasteiger partial charge < -0.3 is 19.9 Å².